The molecule has 0 fully saturated rings. The fourth-order valence-electron chi connectivity index (χ4n) is 1.42. The molecular weight excluding hydrogens is 274 g/mol. The van der Waals surface area contributed by atoms with E-state index < -0.39 is 0 Å². The molecule has 2 aromatic carbocycles. The third kappa shape index (κ3) is 4.21. The molecule has 0 aliphatic heterocycles. The molecule has 0 aliphatic carbocycles. The molecule has 18 heavy (non-hydrogen) atoms. The second-order valence-corrected chi connectivity index (χ2v) is 3.57. The van der Waals surface area contributed by atoms with Crippen LogP contribution in [-0.4, -0.2) is 11.3 Å². The molecule has 0 saturated heterocycles. The molecule has 0 aromatic heterocycles. The number of aliphatic hydroxyl groups excluding tert-OH is 1. The van der Waals surface area contributed by atoms with Gasteiger partial charge < -0.3 is 5.11 Å². The van der Waals surface area contributed by atoms with Gasteiger partial charge in [0.1, 0.15) is 5.76 Å². The Morgan fingerprint density at radius 3 is 2.06 bits per heavy atom. The summed E-state index contributed by atoms with van der Waals surface area (Å²) in [5.74, 6) is 0.165. The van der Waals surface area contributed by atoms with Crippen LogP contribution in [0.1, 0.15) is 11.1 Å². The first kappa shape index (κ1) is 14.2. The summed E-state index contributed by atoms with van der Waals surface area (Å²) in [4.78, 5) is 4.08. The summed E-state index contributed by atoms with van der Waals surface area (Å²) in [6, 6.07) is 19.1. The number of hydrogen-bond acceptors (Lipinski definition) is 2. The van der Waals surface area contributed by atoms with E-state index in [0.29, 0.717) is 0 Å². The van der Waals surface area contributed by atoms with Crippen molar-refractivity contribution in [2.24, 2.45) is 4.99 Å². The molecule has 1 N–H and O–H groups in total. The number of aliphatic hydroxyl groups is 1. The molecule has 0 radical (unpaired) electrons. The van der Waals surface area contributed by atoms with Gasteiger partial charge in [-0.25, -0.2) is 0 Å². The van der Waals surface area contributed by atoms with Crippen molar-refractivity contribution >= 4 is 12.0 Å². The molecule has 0 saturated carbocycles. The van der Waals surface area contributed by atoms with Crippen molar-refractivity contribution in [3.63, 3.8) is 0 Å². The van der Waals surface area contributed by atoms with Gasteiger partial charge in [-0.05, 0) is 5.56 Å². The zero-order valence-corrected chi connectivity index (χ0v) is 10.6. The summed E-state index contributed by atoms with van der Waals surface area (Å²) in [6.07, 6.45) is 3.15. The molecule has 0 unspecified atom stereocenters. The van der Waals surface area contributed by atoms with Crippen molar-refractivity contribution in [1.29, 1.82) is 0 Å². The molecule has 2 rings (SSSR count). The SMILES string of the molecule is O/C(=C\N=Cc1ccccc1)c1ccccc1.[Cu+]. The Bertz CT molecular complexity index is 521. The normalized spacial score (nSPS) is 11.2. The van der Waals surface area contributed by atoms with E-state index in [1.807, 2.05) is 60.7 Å². The summed E-state index contributed by atoms with van der Waals surface area (Å²) in [6.45, 7) is 0. The van der Waals surface area contributed by atoms with Gasteiger partial charge in [0.25, 0.3) is 0 Å². The molecular formula is C15H13CuNO+. The Morgan fingerprint density at radius 2 is 1.44 bits per heavy atom. The van der Waals surface area contributed by atoms with Crippen LogP contribution in [0.25, 0.3) is 5.76 Å². The summed E-state index contributed by atoms with van der Waals surface area (Å²) in [7, 11) is 0. The minimum Gasteiger partial charge on any atom is -0.506 e. The number of aliphatic imine (C=N–C) groups is 1. The van der Waals surface area contributed by atoms with E-state index in [9.17, 15) is 5.11 Å². The number of hydrogen-bond donors (Lipinski definition) is 1. The average molecular weight is 287 g/mol. The molecule has 0 bridgehead atoms. The van der Waals surface area contributed by atoms with E-state index in [1.165, 1.54) is 6.20 Å². The van der Waals surface area contributed by atoms with E-state index in [1.54, 1.807) is 6.21 Å². The molecule has 0 spiro atoms. The minimum absolute atomic E-state index is 0. The topological polar surface area (TPSA) is 32.6 Å². The largest absolute Gasteiger partial charge is 1.00 e. The first-order valence-electron chi connectivity index (χ1n) is 5.39. The second kappa shape index (κ2) is 7.49. The van der Waals surface area contributed by atoms with Gasteiger partial charge in [-0.1, -0.05) is 60.7 Å². The third-order valence-electron chi connectivity index (χ3n) is 2.29. The van der Waals surface area contributed by atoms with Gasteiger partial charge in [0.2, 0.25) is 0 Å². The monoisotopic (exact) mass is 286 g/mol. The Morgan fingerprint density at radius 1 is 0.889 bits per heavy atom. The molecule has 3 heteroatoms. The van der Waals surface area contributed by atoms with Crippen molar-refractivity contribution in [2.45, 2.75) is 0 Å². The molecule has 2 aromatic rings. The van der Waals surface area contributed by atoms with E-state index in [-0.39, 0.29) is 22.8 Å². The standard InChI is InChI=1S/C15H13NO.Cu/c17-15(14-9-5-2-6-10-14)12-16-11-13-7-3-1-4-8-13;/h1-12,17H;/q;+1/b15-12-,16-11?;. The fourth-order valence-corrected chi connectivity index (χ4v) is 1.42. The number of rotatable bonds is 3. The predicted molar refractivity (Wildman–Crippen MR) is 71.1 cm³/mol. The molecule has 0 amide bonds. The molecule has 2 nitrogen and oxygen atoms in total. The zero-order valence-electron chi connectivity index (χ0n) is 9.62. The summed E-state index contributed by atoms with van der Waals surface area (Å²) >= 11 is 0. The molecule has 0 heterocycles. The minimum atomic E-state index is 0. The van der Waals surface area contributed by atoms with Crippen LogP contribution in [-0.2, 0) is 17.1 Å². The van der Waals surface area contributed by atoms with Crippen LogP contribution in [0.4, 0.5) is 0 Å². The number of nitrogens with zero attached hydrogens (tertiary/aromatic N) is 1. The molecule has 0 aliphatic rings. The molecule has 0 atom stereocenters. The van der Waals surface area contributed by atoms with Crippen LogP contribution in [0.5, 0.6) is 0 Å². The summed E-state index contributed by atoms with van der Waals surface area (Å²) in [5, 5.41) is 9.75. The van der Waals surface area contributed by atoms with E-state index in [4.69, 9.17) is 0 Å². The van der Waals surface area contributed by atoms with Crippen molar-refractivity contribution in [3.8, 4) is 0 Å². The maximum absolute atomic E-state index is 9.75. The quantitative estimate of drug-likeness (QED) is 0.521. The average Bonchev–Trinajstić information content (AvgIpc) is 2.41. The van der Waals surface area contributed by atoms with Gasteiger partial charge in [-0.3, -0.25) is 4.99 Å². The Hall–Kier alpha value is -1.83. The van der Waals surface area contributed by atoms with Crippen molar-refractivity contribution in [2.75, 3.05) is 0 Å². The smallest absolute Gasteiger partial charge is 0.506 e. The van der Waals surface area contributed by atoms with Gasteiger partial charge in [0.15, 0.2) is 0 Å². The van der Waals surface area contributed by atoms with E-state index in [2.05, 4.69) is 4.99 Å². The van der Waals surface area contributed by atoms with Gasteiger partial charge in [-0.2, -0.15) is 0 Å². The summed E-state index contributed by atoms with van der Waals surface area (Å²) < 4.78 is 0. The van der Waals surface area contributed by atoms with Gasteiger partial charge in [0, 0.05) is 11.8 Å². The zero-order chi connectivity index (χ0) is 11.9. The van der Waals surface area contributed by atoms with Gasteiger partial charge in [0.05, 0.1) is 6.20 Å². The second-order valence-electron chi connectivity index (χ2n) is 3.57. The first-order chi connectivity index (χ1) is 8.36. The third-order valence-corrected chi connectivity index (χ3v) is 2.29. The maximum atomic E-state index is 9.75. The van der Waals surface area contributed by atoms with Crippen molar-refractivity contribution < 1.29 is 22.2 Å². The molecule has 94 valence electrons. The predicted octanol–water partition coefficient (Wildman–Crippen LogP) is 3.66. The Labute approximate surface area is 117 Å². The fraction of sp³-hybridized carbons (Fsp3) is 0. The van der Waals surface area contributed by atoms with Crippen LogP contribution in [0.2, 0.25) is 0 Å². The van der Waals surface area contributed by atoms with Gasteiger partial charge >= 0.3 is 17.1 Å². The Kier molecular flexibility index (Phi) is 5.92. The van der Waals surface area contributed by atoms with E-state index in [0.717, 1.165) is 11.1 Å². The van der Waals surface area contributed by atoms with Crippen LogP contribution < -0.4 is 0 Å². The van der Waals surface area contributed by atoms with Crippen LogP contribution in [0.3, 0.4) is 0 Å². The Balaban J connectivity index is 0.00000162. The van der Waals surface area contributed by atoms with Gasteiger partial charge in [-0.15, -0.1) is 0 Å². The van der Waals surface area contributed by atoms with Crippen LogP contribution in [0, 0.1) is 0 Å². The maximum Gasteiger partial charge on any atom is 1.00 e. The van der Waals surface area contributed by atoms with Crippen LogP contribution in [0.15, 0.2) is 71.9 Å². The van der Waals surface area contributed by atoms with Crippen molar-refractivity contribution in [1.82, 2.24) is 0 Å². The summed E-state index contributed by atoms with van der Waals surface area (Å²) in [5.41, 5.74) is 1.77. The number of benzene rings is 2. The van der Waals surface area contributed by atoms with E-state index >= 15 is 0 Å². The van der Waals surface area contributed by atoms with Crippen LogP contribution >= 0.6 is 0 Å². The van der Waals surface area contributed by atoms with Crippen molar-refractivity contribution in [3.05, 3.63) is 78.0 Å². The first-order valence-corrected chi connectivity index (χ1v) is 5.39.